The van der Waals surface area contributed by atoms with E-state index in [4.69, 9.17) is 0 Å². The fourth-order valence-corrected chi connectivity index (χ4v) is 4.70. The molecule has 5 nitrogen and oxygen atoms in total. The molecule has 2 heterocycles. The summed E-state index contributed by atoms with van der Waals surface area (Å²) < 4.78 is 2.52. The largest absolute Gasteiger partial charge is 0.353 e. The Balaban J connectivity index is 1.68. The number of aromatic nitrogens is 2. The molecule has 2 aromatic rings. The molecule has 0 radical (unpaired) electrons. The van der Waals surface area contributed by atoms with Gasteiger partial charge in [-0.1, -0.05) is 12.8 Å². The molecule has 1 aliphatic carbocycles. The number of fused-ring (bicyclic) bond motifs is 1. The van der Waals surface area contributed by atoms with Gasteiger partial charge in [0, 0.05) is 13.1 Å². The van der Waals surface area contributed by atoms with E-state index in [0.29, 0.717) is 23.0 Å². The number of rotatable bonds is 4. The van der Waals surface area contributed by atoms with Crippen LogP contribution in [0.2, 0.25) is 0 Å². The Kier molecular flexibility index (Phi) is 4.54. The minimum absolute atomic E-state index is 0.0268. The highest BCUT2D eigenvalue weighted by atomic mass is 32.2. The number of thiophene rings is 1. The summed E-state index contributed by atoms with van der Waals surface area (Å²) >= 11 is 2.95. The van der Waals surface area contributed by atoms with E-state index in [1.807, 2.05) is 13.0 Å². The topological polar surface area (TPSA) is 64.0 Å². The molecular formula is C15H19N3O2S2. The van der Waals surface area contributed by atoms with Gasteiger partial charge < -0.3 is 5.32 Å². The highest BCUT2D eigenvalue weighted by molar-refractivity contribution is 8.01. The highest BCUT2D eigenvalue weighted by Gasteiger charge is 2.17. The molecule has 2 aromatic heterocycles. The maximum absolute atomic E-state index is 12.2. The molecule has 22 heavy (non-hydrogen) atoms. The third-order valence-corrected chi connectivity index (χ3v) is 6.28. The molecule has 0 bridgehead atoms. The van der Waals surface area contributed by atoms with Crippen LogP contribution in [0, 0.1) is 6.92 Å². The number of amides is 1. The molecule has 7 heteroatoms. The monoisotopic (exact) mass is 337 g/mol. The normalized spacial score (nSPS) is 15.5. The van der Waals surface area contributed by atoms with Crippen LogP contribution in [0.1, 0.15) is 31.5 Å². The van der Waals surface area contributed by atoms with Gasteiger partial charge in [0.25, 0.3) is 5.56 Å². The van der Waals surface area contributed by atoms with Crippen molar-refractivity contribution in [1.82, 2.24) is 14.9 Å². The molecule has 0 saturated heterocycles. The van der Waals surface area contributed by atoms with Crippen molar-refractivity contribution in [2.75, 3.05) is 5.75 Å². The van der Waals surface area contributed by atoms with E-state index in [9.17, 15) is 9.59 Å². The van der Waals surface area contributed by atoms with Gasteiger partial charge in [-0.25, -0.2) is 4.98 Å². The second kappa shape index (κ2) is 6.42. The number of hydrogen-bond acceptors (Lipinski definition) is 5. The van der Waals surface area contributed by atoms with Crippen LogP contribution in [0.5, 0.6) is 0 Å². The molecule has 1 fully saturated rings. The zero-order valence-corrected chi connectivity index (χ0v) is 14.4. The minimum Gasteiger partial charge on any atom is -0.353 e. The van der Waals surface area contributed by atoms with Gasteiger partial charge in [0.2, 0.25) is 5.91 Å². The summed E-state index contributed by atoms with van der Waals surface area (Å²) in [4.78, 5) is 29.3. The molecule has 0 spiro atoms. The summed E-state index contributed by atoms with van der Waals surface area (Å²) in [6.45, 7) is 1.82. The summed E-state index contributed by atoms with van der Waals surface area (Å²) in [5, 5.41) is 3.71. The Hall–Kier alpha value is -1.34. The molecule has 0 aromatic carbocycles. The van der Waals surface area contributed by atoms with Gasteiger partial charge in [-0.3, -0.25) is 14.2 Å². The Bertz CT molecular complexity index is 760. The van der Waals surface area contributed by atoms with Crippen molar-refractivity contribution in [3.8, 4) is 0 Å². The number of nitrogens with zero attached hydrogens (tertiary/aromatic N) is 2. The van der Waals surface area contributed by atoms with Crippen LogP contribution in [0.4, 0.5) is 0 Å². The van der Waals surface area contributed by atoms with E-state index < -0.39 is 0 Å². The predicted octanol–water partition coefficient (Wildman–Crippen LogP) is 2.45. The van der Waals surface area contributed by atoms with Gasteiger partial charge in [-0.15, -0.1) is 23.1 Å². The third-order valence-electron chi connectivity index (χ3n) is 4.04. The smallest absolute Gasteiger partial charge is 0.262 e. The van der Waals surface area contributed by atoms with Gasteiger partial charge in [0.05, 0.1) is 15.3 Å². The maximum Gasteiger partial charge on any atom is 0.262 e. The maximum atomic E-state index is 12.2. The molecule has 1 saturated carbocycles. The minimum atomic E-state index is -0.0268. The van der Waals surface area contributed by atoms with Crippen molar-refractivity contribution < 1.29 is 4.79 Å². The van der Waals surface area contributed by atoms with Crippen molar-refractivity contribution in [3.05, 3.63) is 22.2 Å². The van der Waals surface area contributed by atoms with Crippen molar-refractivity contribution in [2.24, 2.45) is 7.05 Å². The number of carbonyl (C=O) groups excluding carboxylic acids is 1. The summed E-state index contributed by atoms with van der Waals surface area (Å²) in [6.07, 6.45) is 4.61. The van der Waals surface area contributed by atoms with Crippen LogP contribution < -0.4 is 10.9 Å². The lowest BCUT2D eigenvalue weighted by Crippen LogP contribution is -2.33. The molecule has 1 N–H and O–H groups in total. The fraction of sp³-hybridized carbons (Fsp3) is 0.533. The Labute approximate surface area is 137 Å². The molecule has 3 rings (SSSR count). The van der Waals surface area contributed by atoms with E-state index >= 15 is 0 Å². The van der Waals surface area contributed by atoms with Gasteiger partial charge in [-0.05, 0) is 25.8 Å². The Morgan fingerprint density at radius 1 is 1.50 bits per heavy atom. The van der Waals surface area contributed by atoms with Crippen LogP contribution >= 0.6 is 23.1 Å². The Morgan fingerprint density at radius 3 is 2.95 bits per heavy atom. The first-order valence-corrected chi connectivity index (χ1v) is 9.24. The third kappa shape index (κ3) is 3.20. The van der Waals surface area contributed by atoms with Crippen molar-refractivity contribution >= 4 is 39.2 Å². The van der Waals surface area contributed by atoms with Crippen LogP contribution in [0.25, 0.3) is 10.2 Å². The standard InChI is InChI=1S/C15H19N3O2S2/c1-9-16-14-11(15(20)18(9)2)7-13(22-14)21-8-12(19)17-10-5-3-4-6-10/h7,10H,3-6,8H2,1-2H3,(H,17,19). The Morgan fingerprint density at radius 2 is 2.23 bits per heavy atom. The van der Waals surface area contributed by atoms with Crippen LogP contribution in [0.3, 0.4) is 0 Å². The van der Waals surface area contributed by atoms with E-state index in [-0.39, 0.29) is 11.5 Å². The molecule has 0 unspecified atom stereocenters. The molecule has 0 aliphatic heterocycles. The lowest BCUT2D eigenvalue weighted by atomic mass is 10.2. The van der Waals surface area contributed by atoms with Gasteiger partial charge in [-0.2, -0.15) is 0 Å². The zero-order valence-electron chi connectivity index (χ0n) is 12.7. The van der Waals surface area contributed by atoms with Crippen LogP contribution in [-0.4, -0.2) is 27.3 Å². The van der Waals surface area contributed by atoms with E-state index in [1.165, 1.54) is 35.9 Å². The number of nitrogens with one attached hydrogen (secondary N) is 1. The van der Waals surface area contributed by atoms with Crippen molar-refractivity contribution in [1.29, 1.82) is 0 Å². The molecule has 118 valence electrons. The second-order valence-electron chi connectivity index (χ2n) is 5.65. The second-order valence-corrected chi connectivity index (χ2v) is 7.95. The molecule has 0 atom stereocenters. The van der Waals surface area contributed by atoms with Gasteiger partial charge in [0.15, 0.2) is 0 Å². The first-order chi connectivity index (χ1) is 10.5. The van der Waals surface area contributed by atoms with E-state index in [2.05, 4.69) is 10.3 Å². The number of carbonyl (C=O) groups is 1. The lowest BCUT2D eigenvalue weighted by molar-refractivity contribution is -0.119. The number of aryl methyl sites for hydroxylation is 1. The fourth-order valence-electron chi connectivity index (χ4n) is 2.69. The average Bonchev–Trinajstić information content (AvgIpc) is 3.12. The van der Waals surface area contributed by atoms with Crippen LogP contribution in [-0.2, 0) is 11.8 Å². The molecule has 1 aliphatic rings. The summed E-state index contributed by atoms with van der Waals surface area (Å²) in [6, 6.07) is 2.20. The first kappa shape index (κ1) is 15.6. The van der Waals surface area contributed by atoms with E-state index in [1.54, 1.807) is 11.6 Å². The summed E-state index contributed by atoms with van der Waals surface area (Å²) in [7, 11) is 1.73. The summed E-state index contributed by atoms with van der Waals surface area (Å²) in [5.41, 5.74) is -0.0268. The lowest BCUT2D eigenvalue weighted by Gasteiger charge is -2.10. The SMILES string of the molecule is Cc1nc2sc(SCC(=O)NC3CCCC3)cc2c(=O)n1C. The molecule has 1 amide bonds. The average molecular weight is 337 g/mol. The van der Waals surface area contributed by atoms with Crippen LogP contribution in [0.15, 0.2) is 15.1 Å². The van der Waals surface area contributed by atoms with E-state index in [0.717, 1.165) is 21.9 Å². The highest BCUT2D eigenvalue weighted by Crippen LogP contribution is 2.30. The van der Waals surface area contributed by atoms with Gasteiger partial charge >= 0.3 is 0 Å². The molecular weight excluding hydrogens is 318 g/mol. The number of hydrogen-bond donors (Lipinski definition) is 1. The zero-order chi connectivity index (χ0) is 15.7. The number of thioether (sulfide) groups is 1. The quantitative estimate of drug-likeness (QED) is 0.871. The predicted molar refractivity (Wildman–Crippen MR) is 90.7 cm³/mol. The summed E-state index contributed by atoms with van der Waals surface area (Å²) in [5.74, 6) is 1.17. The first-order valence-electron chi connectivity index (χ1n) is 7.44. The van der Waals surface area contributed by atoms with Crippen molar-refractivity contribution in [2.45, 2.75) is 42.9 Å². The van der Waals surface area contributed by atoms with Crippen molar-refractivity contribution in [3.63, 3.8) is 0 Å². The van der Waals surface area contributed by atoms with Gasteiger partial charge in [0.1, 0.15) is 10.7 Å².